The Balaban J connectivity index is 2.32. The Morgan fingerprint density at radius 3 is 2.57 bits per heavy atom. The van der Waals surface area contributed by atoms with Crippen LogP contribution in [-0.4, -0.2) is 32.1 Å². The molecule has 0 aliphatic rings. The molecule has 0 radical (unpaired) electrons. The van der Waals surface area contributed by atoms with Crippen LogP contribution in [0.4, 0.5) is 0 Å². The van der Waals surface area contributed by atoms with Gasteiger partial charge in [-0.25, -0.2) is 4.79 Å². The zero-order chi connectivity index (χ0) is 15.5. The van der Waals surface area contributed by atoms with Crippen molar-refractivity contribution >= 4 is 18.0 Å². The molecule has 0 spiro atoms. The lowest BCUT2D eigenvalue weighted by Gasteiger charge is -2.04. The number of amides is 1. The quantitative estimate of drug-likeness (QED) is 0.453. The van der Waals surface area contributed by atoms with Gasteiger partial charge < -0.3 is 14.8 Å². The normalized spacial score (nSPS) is 10.4. The van der Waals surface area contributed by atoms with Crippen molar-refractivity contribution in [3.63, 3.8) is 0 Å². The van der Waals surface area contributed by atoms with Gasteiger partial charge in [0.05, 0.1) is 7.11 Å². The van der Waals surface area contributed by atoms with E-state index >= 15 is 0 Å². The molecule has 0 saturated carbocycles. The maximum Gasteiger partial charge on any atom is 0.331 e. The molecule has 1 N–H and O–H groups in total. The van der Waals surface area contributed by atoms with Gasteiger partial charge in [0.25, 0.3) is 5.91 Å². The number of hydrogen-bond donors (Lipinski definition) is 1. The third kappa shape index (κ3) is 7.15. The van der Waals surface area contributed by atoms with Gasteiger partial charge in [0.1, 0.15) is 5.75 Å². The fourth-order valence-corrected chi connectivity index (χ4v) is 1.52. The van der Waals surface area contributed by atoms with Gasteiger partial charge in [0, 0.05) is 12.6 Å². The first-order chi connectivity index (χ1) is 10.2. The summed E-state index contributed by atoms with van der Waals surface area (Å²) in [5, 5.41) is 2.67. The highest BCUT2D eigenvalue weighted by Crippen LogP contribution is 2.12. The van der Waals surface area contributed by atoms with Gasteiger partial charge in [-0.15, -0.1) is 0 Å². The van der Waals surface area contributed by atoms with E-state index in [9.17, 15) is 9.59 Å². The summed E-state index contributed by atoms with van der Waals surface area (Å²) in [5.74, 6) is -0.0791. The molecule has 0 atom stereocenters. The van der Waals surface area contributed by atoms with Crippen molar-refractivity contribution in [1.82, 2.24) is 5.32 Å². The fraction of sp³-hybridized carbons (Fsp3) is 0.375. The molecule has 1 rings (SSSR count). The first-order valence-electron chi connectivity index (χ1n) is 6.91. The number of ether oxygens (including phenoxy) is 2. The largest absolute Gasteiger partial charge is 0.497 e. The van der Waals surface area contributed by atoms with Crippen LogP contribution in [0.1, 0.15) is 25.3 Å². The van der Waals surface area contributed by atoms with E-state index in [1.54, 1.807) is 25.3 Å². The highest BCUT2D eigenvalue weighted by molar-refractivity contribution is 5.89. The molecule has 1 aromatic carbocycles. The van der Waals surface area contributed by atoms with Crippen LogP contribution >= 0.6 is 0 Å². The van der Waals surface area contributed by atoms with E-state index in [2.05, 4.69) is 5.32 Å². The van der Waals surface area contributed by atoms with E-state index in [4.69, 9.17) is 9.47 Å². The van der Waals surface area contributed by atoms with Gasteiger partial charge >= 0.3 is 5.97 Å². The topological polar surface area (TPSA) is 64.6 Å². The minimum atomic E-state index is -0.545. The molecular formula is C16H21NO4. The number of nitrogens with one attached hydrogen (secondary N) is 1. The average molecular weight is 291 g/mol. The fourth-order valence-electron chi connectivity index (χ4n) is 1.52. The Hall–Kier alpha value is -2.30. The molecular weight excluding hydrogens is 270 g/mol. The predicted molar refractivity (Wildman–Crippen MR) is 80.9 cm³/mol. The van der Waals surface area contributed by atoms with Crippen molar-refractivity contribution in [3.8, 4) is 5.75 Å². The molecule has 0 aromatic heterocycles. The van der Waals surface area contributed by atoms with Crippen LogP contribution in [0.2, 0.25) is 0 Å². The number of rotatable bonds is 8. The molecule has 5 nitrogen and oxygen atoms in total. The monoisotopic (exact) mass is 291 g/mol. The molecule has 21 heavy (non-hydrogen) atoms. The number of carbonyl (C=O) groups is 2. The maximum absolute atomic E-state index is 11.5. The second-order valence-electron chi connectivity index (χ2n) is 4.42. The van der Waals surface area contributed by atoms with Crippen molar-refractivity contribution < 1.29 is 19.1 Å². The molecule has 0 bridgehead atoms. The number of methoxy groups -OCH3 is 1. The zero-order valence-corrected chi connectivity index (χ0v) is 12.4. The van der Waals surface area contributed by atoms with E-state index < -0.39 is 5.97 Å². The van der Waals surface area contributed by atoms with Crippen LogP contribution in [0.5, 0.6) is 5.75 Å². The summed E-state index contributed by atoms with van der Waals surface area (Å²) < 4.78 is 9.88. The highest BCUT2D eigenvalue weighted by Gasteiger charge is 2.03. The summed E-state index contributed by atoms with van der Waals surface area (Å²) in [4.78, 5) is 22.8. The number of benzene rings is 1. The van der Waals surface area contributed by atoms with Gasteiger partial charge in [-0.05, 0) is 30.2 Å². The molecule has 0 unspecified atom stereocenters. The molecule has 1 amide bonds. The Morgan fingerprint density at radius 1 is 1.24 bits per heavy atom. The van der Waals surface area contributed by atoms with E-state index in [0.717, 1.165) is 24.2 Å². The van der Waals surface area contributed by atoms with Crippen LogP contribution < -0.4 is 10.1 Å². The molecule has 5 heteroatoms. The molecule has 0 aliphatic carbocycles. The average Bonchev–Trinajstić information content (AvgIpc) is 2.51. The third-order valence-electron chi connectivity index (χ3n) is 2.73. The van der Waals surface area contributed by atoms with Gasteiger partial charge in [-0.2, -0.15) is 0 Å². The second-order valence-corrected chi connectivity index (χ2v) is 4.42. The van der Waals surface area contributed by atoms with Crippen LogP contribution in [0.3, 0.4) is 0 Å². The summed E-state index contributed by atoms with van der Waals surface area (Å²) in [6.45, 7) is 2.39. The van der Waals surface area contributed by atoms with Crippen molar-refractivity contribution in [2.75, 3.05) is 20.3 Å². The first-order valence-corrected chi connectivity index (χ1v) is 6.91. The highest BCUT2D eigenvalue weighted by atomic mass is 16.5. The minimum Gasteiger partial charge on any atom is -0.497 e. The zero-order valence-electron chi connectivity index (χ0n) is 12.4. The second kappa shape index (κ2) is 9.58. The Kier molecular flexibility index (Phi) is 7.64. The number of hydrogen-bond acceptors (Lipinski definition) is 4. The molecule has 0 aliphatic heterocycles. The lowest BCUT2D eigenvalue weighted by atomic mass is 10.2. The molecule has 0 fully saturated rings. The smallest absolute Gasteiger partial charge is 0.331 e. The van der Waals surface area contributed by atoms with Gasteiger partial charge in [0.2, 0.25) is 0 Å². The Bertz CT molecular complexity index is 480. The number of unbranched alkanes of at least 4 members (excludes halogenated alkanes) is 1. The lowest BCUT2D eigenvalue weighted by molar-refractivity contribution is -0.143. The summed E-state index contributed by atoms with van der Waals surface area (Å²) >= 11 is 0. The number of carbonyl (C=O) groups excluding carboxylic acids is 2. The van der Waals surface area contributed by atoms with Gasteiger partial charge in [-0.3, -0.25) is 4.79 Å². The summed E-state index contributed by atoms with van der Waals surface area (Å²) in [5.41, 5.74) is 0.847. The maximum atomic E-state index is 11.5. The Morgan fingerprint density at radius 2 is 1.95 bits per heavy atom. The number of esters is 1. The standard InChI is InChI=1S/C16H21NO4/c1-3-4-11-17-15(18)12-21-16(19)10-7-13-5-8-14(20-2)9-6-13/h5-10H,3-4,11-12H2,1-2H3,(H,17,18). The van der Waals surface area contributed by atoms with Crippen LogP contribution in [0, 0.1) is 0 Å². The van der Waals surface area contributed by atoms with Crippen molar-refractivity contribution in [2.45, 2.75) is 19.8 Å². The van der Waals surface area contributed by atoms with Crippen LogP contribution in [0.25, 0.3) is 6.08 Å². The molecule has 1 aromatic rings. The SMILES string of the molecule is CCCCNC(=O)COC(=O)C=Cc1ccc(OC)cc1. The Labute approximate surface area is 124 Å². The summed E-state index contributed by atoms with van der Waals surface area (Å²) in [6.07, 6.45) is 4.83. The lowest BCUT2D eigenvalue weighted by Crippen LogP contribution is -2.29. The van der Waals surface area contributed by atoms with Gasteiger partial charge in [-0.1, -0.05) is 25.5 Å². The van der Waals surface area contributed by atoms with Crippen LogP contribution in [0.15, 0.2) is 30.3 Å². The molecule has 114 valence electrons. The van der Waals surface area contributed by atoms with Crippen LogP contribution in [-0.2, 0) is 14.3 Å². The van der Waals surface area contributed by atoms with Gasteiger partial charge in [0.15, 0.2) is 6.61 Å². The van der Waals surface area contributed by atoms with E-state index in [-0.39, 0.29) is 12.5 Å². The van der Waals surface area contributed by atoms with Crippen molar-refractivity contribution in [3.05, 3.63) is 35.9 Å². The van der Waals surface area contributed by atoms with E-state index in [0.29, 0.717) is 6.54 Å². The molecule has 0 heterocycles. The summed E-state index contributed by atoms with van der Waals surface area (Å²) in [7, 11) is 1.59. The first kappa shape index (κ1) is 16.8. The summed E-state index contributed by atoms with van der Waals surface area (Å²) in [6, 6.07) is 7.23. The van der Waals surface area contributed by atoms with E-state index in [1.807, 2.05) is 19.1 Å². The third-order valence-corrected chi connectivity index (χ3v) is 2.73. The van der Waals surface area contributed by atoms with Crippen molar-refractivity contribution in [1.29, 1.82) is 0 Å². The van der Waals surface area contributed by atoms with E-state index in [1.165, 1.54) is 6.08 Å². The van der Waals surface area contributed by atoms with Crippen molar-refractivity contribution in [2.24, 2.45) is 0 Å². The molecule has 0 saturated heterocycles. The predicted octanol–water partition coefficient (Wildman–Crippen LogP) is 2.17. The minimum absolute atomic E-state index is 0.254.